The summed E-state index contributed by atoms with van der Waals surface area (Å²) in [6.07, 6.45) is 0. The Labute approximate surface area is 137 Å². The molecule has 1 N–H and O–H groups in total. The Morgan fingerprint density at radius 3 is 2.45 bits per heavy atom. The van der Waals surface area contributed by atoms with Crippen molar-refractivity contribution in [2.45, 2.75) is 13.0 Å². The number of amides is 1. The molecule has 0 bridgehead atoms. The Morgan fingerprint density at radius 1 is 1.14 bits per heavy atom. The molecule has 5 heteroatoms. The third kappa shape index (κ3) is 3.09. The second-order valence-corrected chi connectivity index (χ2v) is 5.94. The fourth-order valence-corrected chi connectivity index (χ4v) is 2.84. The number of halogens is 1. The number of benzene rings is 2. The van der Waals surface area contributed by atoms with Crippen molar-refractivity contribution in [2.75, 3.05) is 13.2 Å². The molecule has 4 nitrogen and oxygen atoms in total. The molecule has 0 radical (unpaired) electrons. The molecule has 0 spiro atoms. The number of fused-ring (bicyclic) bond motifs is 1. The first-order valence-electron chi connectivity index (χ1n) is 7.10. The molecular formula is C17H16BrNO3. The van der Waals surface area contributed by atoms with E-state index in [1.165, 1.54) is 0 Å². The third-order valence-corrected chi connectivity index (χ3v) is 4.18. The Morgan fingerprint density at radius 2 is 1.77 bits per heavy atom. The number of hydrogen-bond donors (Lipinski definition) is 1. The van der Waals surface area contributed by atoms with Gasteiger partial charge in [0.1, 0.15) is 13.2 Å². The quantitative estimate of drug-likeness (QED) is 0.906. The summed E-state index contributed by atoms with van der Waals surface area (Å²) in [5.41, 5.74) is 1.59. The molecule has 114 valence electrons. The predicted molar refractivity (Wildman–Crippen MR) is 87.5 cm³/mol. The lowest BCUT2D eigenvalue weighted by Gasteiger charge is -2.20. The lowest BCUT2D eigenvalue weighted by molar-refractivity contribution is 0.0938. The Kier molecular flexibility index (Phi) is 4.34. The normalized spacial score (nSPS) is 14.3. The van der Waals surface area contributed by atoms with Gasteiger partial charge in [0.05, 0.1) is 11.6 Å². The first kappa shape index (κ1) is 14.9. The van der Waals surface area contributed by atoms with E-state index in [0.29, 0.717) is 34.7 Å². The molecule has 1 atom stereocenters. The van der Waals surface area contributed by atoms with Gasteiger partial charge < -0.3 is 14.8 Å². The van der Waals surface area contributed by atoms with Crippen LogP contribution in [0.5, 0.6) is 11.5 Å². The first-order valence-corrected chi connectivity index (χ1v) is 7.89. The summed E-state index contributed by atoms with van der Waals surface area (Å²) in [6.45, 7) is 2.98. The van der Waals surface area contributed by atoms with Gasteiger partial charge in [-0.3, -0.25) is 4.79 Å². The molecule has 2 aromatic rings. The minimum absolute atomic E-state index is 0.0752. The van der Waals surface area contributed by atoms with Gasteiger partial charge in [0.15, 0.2) is 11.5 Å². The Hall–Kier alpha value is -2.01. The highest BCUT2D eigenvalue weighted by Gasteiger charge is 2.20. The molecular weight excluding hydrogens is 346 g/mol. The summed E-state index contributed by atoms with van der Waals surface area (Å²) in [7, 11) is 0. The van der Waals surface area contributed by atoms with Crippen molar-refractivity contribution >= 4 is 21.8 Å². The lowest BCUT2D eigenvalue weighted by atomic mass is 10.1. The third-order valence-electron chi connectivity index (χ3n) is 3.52. The minimum atomic E-state index is -0.153. The molecule has 0 saturated heterocycles. The summed E-state index contributed by atoms with van der Waals surface area (Å²) < 4.78 is 11.7. The number of ether oxygens (including phenoxy) is 2. The maximum Gasteiger partial charge on any atom is 0.253 e. The number of hydrogen-bond acceptors (Lipinski definition) is 3. The van der Waals surface area contributed by atoms with E-state index in [1.807, 2.05) is 37.3 Å². The maximum absolute atomic E-state index is 12.5. The molecule has 0 saturated carbocycles. The van der Waals surface area contributed by atoms with Crippen LogP contribution in [0.4, 0.5) is 0 Å². The lowest BCUT2D eigenvalue weighted by Crippen LogP contribution is -2.27. The standard InChI is InChI=1S/C17H16BrNO3/c1-11(12-5-3-2-4-6-12)19-17(20)13-9-15-16(10-14(13)18)22-8-7-21-15/h2-6,9-11H,7-8H2,1H3,(H,19,20). The molecule has 1 amide bonds. The topological polar surface area (TPSA) is 47.6 Å². The van der Waals surface area contributed by atoms with Gasteiger partial charge >= 0.3 is 0 Å². The van der Waals surface area contributed by atoms with Gasteiger partial charge in [0, 0.05) is 4.47 Å². The largest absolute Gasteiger partial charge is 0.486 e. The first-order chi connectivity index (χ1) is 10.6. The van der Waals surface area contributed by atoms with Crippen molar-refractivity contribution in [3.8, 4) is 11.5 Å². The number of nitrogens with one attached hydrogen (secondary N) is 1. The van der Waals surface area contributed by atoms with Crippen molar-refractivity contribution in [3.63, 3.8) is 0 Å². The summed E-state index contributed by atoms with van der Waals surface area (Å²) in [5.74, 6) is 1.11. The van der Waals surface area contributed by atoms with Crippen LogP contribution in [0.25, 0.3) is 0 Å². The zero-order valence-electron chi connectivity index (χ0n) is 12.1. The molecule has 3 rings (SSSR count). The second kappa shape index (κ2) is 6.40. The van der Waals surface area contributed by atoms with Gasteiger partial charge in [-0.05, 0) is 40.5 Å². The van der Waals surface area contributed by atoms with E-state index in [9.17, 15) is 4.79 Å². The highest BCUT2D eigenvalue weighted by Crippen LogP contribution is 2.35. The van der Waals surface area contributed by atoms with Crippen LogP contribution >= 0.6 is 15.9 Å². The molecule has 1 aliphatic rings. The zero-order chi connectivity index (χ0) is 15.5. The minimum Gasteiger partial charge on any atom is -0.486 e. The number of carbonyl (C=O) groups is 1. The molecule has 1 unspecified atom stereocenters. The van der Waals surface area contributed by atoms with Crippen molar-refractivity contribution < 1.29 is 14.3 Å². The fraction of sp³-hybridized carbons (Fsp3) is 0.235. The molecule has 1 heterocycles. The second-order valence-electron chi connectivity index (χ2n) is 5.08. The van der Waals surface area contributed by atoms with Crippen molar-refractivity contribution in [2.24, 2.45) is 0 Å². The number of rotatable bonds is 3. The van der Waals surface area contributed by atoms with E-state index >= 15 is 0 Å². The van der Waals surface area contributed by atoms with Crippen molar-refractivity contribution in [3.05, 3.63) is 58.1 Å². The molecule has 0 aromatic heterocycles. The average Bonchev–Trinajstić information content (AvgIpc) is 2.54. The molecule has 0 fully saturated rings. The van der Waals surface area contributed by atoms with Crippen molar-refractivity contribution in [1.29, 1.82) is 0 Å². The van der Waals surface area contributed by atoms with E-state index < -0.39 is 0 Å². The fourth-order valence-electron chi connectivity index (χ4n) is 2.34. The SMILES string of the molecule is CC(NC(=O)c1cc2c(cc1Br)OCCO2)c1ccccc1. The van der Waals surface area contributed by atoms with Gasteiger partial charge in [-0.1, -0.05) is 30.3 Å². The molecule has 0 aliphatic carbocycles. The Balaban J connectivity index is 1.80. The van der Waals surface area contributed by atoms with E-state index in [0.717, 1.165) is 5.56 Å². The highest BCUT2D eigenvalue weighted by atomic mass is 79.9. The molecule has 2 aromatic carbocycles. The Bertz CT molecular complexity index is 688. The van der Waals surface area contributed by atoms with Crippen LogP contribution in [0, 0.1) is 0 Å². The van der Waals surface area contributed by atoms with Crippen LogP contribution in [-0.2, 0) is 0 Å². The monoisotopic (exact) mass is 361 g/mol. The predicted octanol–water partition coefficient (Wildman–Crippen LogP) is 3.71. The van der Waals surface area contributed by atoms with Crippen LogP contribution < -0.4 is 14.8 Å². The van der Waals surface area contributed by atoms with Gasteiger partial charge in [-0.15, -0.1) is 0 Å². The highest BCUT2D eigenvalue weighted by molar-refractivity contribution is 9.10. The summed E-state index contributed by atoms with van der Waals surface area (Å²) in [6, 6.07) is 13.3. The van der Waals surface area contributed by atoms with E-state index in [2.05, 4.69) is 21.2 Å². The van der Waals surface area contributed by atoms with Gasteiger partial charge in [0.25, 0.3) is 5.91 Å². The van der Waals surface area contributed by atoms with E-state index in [-0.39, 0.29) is 11.9 Å². The van der Waals surface area contributed by atoms with Gasteiger partial charge in [-0.2, -0.15) is 0 Å². The zero-order valence-corrected chi connectivity index (χ0v) is 13.7. The van der Waals surface area contributed by atoms with Crippen LogP contribution in [0.15, 0.2) is 46.9 Å². The van der Waals surface area contributed by atoms with Crippen LogP contribution in [0.2, 0.25) is 0 Å². The summed E-state index contributed by atoms with van der Waals surface area (Å²) in [4.78, 5) is 12.5. The van der Waals surface area contributed by atoms with Gasteiger partial charge in [0.2, 0.25) is 0 Å². The van der Waals surface area contributed by atoms with Gasteiger partial charge in [-0.25, -0.2) is 0 Å². The van der Waals surface area contributed by atoms with Crippen LogP contribution in [0.3, 0.4) is 0 Å². The van der Waals surface area contributed by atoms with Crippen LogP contribution in [0.1, 0.15) is 28.9 Å². The van der Waals surface area contributed by atoms with E-state index in [1.54, 1.807) is 12.1 Å². The maximum atomic E-state index is 12.5. The molecule has 1 aliphatic heterocycles. The number of carbonyl (C=O) groups excluding carboxylic acids is 1. The molecule has 22 heavy (non-hydrogen) atoms. The van der Waals surface area contributed by atoms with Crippen molar-refractivity contribution in [1.82, 2.24) is 5.32 Å². The van der Waals surface area contributed by atoms with Crippen LogP contribution in [-0.4, -0.2) is 19.1 Å². The summed E-state index contributed by atoms with van der Waals surface area (Å²) in [5, 5.41) is 2.99. The summed E-state index contributed by atoms with van der Waals surface area (Å²) >= 11 is 3.43. The smallest absolute Gasteiger partial charge is 0.253 e. The van der Waals surface area contributed by atoms with E-state index in [4.69, 9.17) is 9.47 Å². The average molecular weight is 362 g/mol.